The third kappa shape index (κ3) is 3.20. The summed E-state index contributed by atoms with van der Waals surface area (Å²) in [6.07, 6.45) is 1.17. The molecule has 1 aromatic heterocycles. The first kappa shape index (κ1) is 13.3. The van der Waals surface area contributed by atoms with E-state index in [1.54, 1.807) is 0 Å². The zero-order chi connectivity index (χ0) is 13.2. The molecule has 2 rings (SSSR count). The van der Waals surface area contributed by atoms with E-state index in [4.69, 9.17) is 4.42 Å². The van der Waals surface area contributed by atoms with Gasteiger partial charge in [-0.15, -0.1) is 5.10 Å². The van der Waals surface area contributed by atoms with Gasteiger partial charge in [-0.1, -0.05) is 5.10 Å². The average molecular weight is 274 g/mol. The van der Waals surface area contributed by atoms with Crippen LogP contribution in [0, 0.1) is 0 Å². The molecule has 1 aliphatic rings. The molecule has 0 amide bonds. The fourth-order valence-corrected chi connectivity index (χ4v) is 3.29. The minimum absolute atomic E-state index is 0.000200. The molecule has 1 aromatic rings. The fourth-order valence-electron chi connectivity index (χ4n) is 1.80. The molecule has 1 atom stereocenters. The maximum absolute atomic E-state index is 11.3. The smallest absolute Gasteiger partial charge is 0.315 e. The predicted molar refractivity (Wildman–Crippen MR) is 67.1 cm³/mol. The summed E-state index contributed by atoms with van der Waals surface area (Å²) in [4.78, 5) is 0. The second-order valence-electron chi connectivity index (χ2n) is 4.53. The van der Waals surface area contributed by atoms with Crippen molar-refractivity contribution in [1.29, 1.82) is 0 Å². The summed E-state index contributed by atoms with van der Waals surface area (Å²) >= 11 is 0. The van der Waals surface area contributed by atoms with Crippen LogP contribution in [0.1, 0.15) is 31.7 Å². The first-order chi connectivity index (χ1) is 8.50. The molecule has 8 heteroatoms. The summed E-state index contributed by atoms with van der Waals surface area (Å²) < 4.78 is 28.0. The van der Waals surface area contributed by atoms with Gasteiger partial charge in [0.15, 0.2) is 0 Å². The van der Waals surface area contributed by atoms with Gasteiger partial charge in [0.1, 0.15) is 9.84 Å². The SMILES string of the molecule is CNC(C)c1nnc(NC2CCS(=O)(=O)CC2)o1. The highest BCUT2D eigenvalue weighted by molar-refractivity contribution is 7.91. The van der Waals surface area contributed by atoms with Crippen molar-refractivity contribution in [2.75, 3.05) is 23.9 Å². The van der Waals surface area contributed by atoms with Crippen LogP contribution in [0.5, 0.6) is 0 Å². The Morgan fingerprint density at radius 1 is 1.33 bits per heavy atom. The minimum Gasteiger partial charge on any atom is -0.406 e. The summed E-state index contributed by atoms with van der Waals surface area (Å²) in [7, 11) is -1.02. The van der Waals surface area contributed by atoms with Crippen molar-refractivity contribution in [3.63, 3.8) is 0 Å². The second kappa shape index (κ2) is 5.23. The quantitative estimate of drug-likeness (QED) is 0.817. The lowest BCUT2D eigenvalue weighted by atomic mass is 10.2. The predicted octanol–water partition coefficient (Wildman–Crippen LogP) is 0.339. The molecule has 0 aromatic carbocycles. The molecule has 1 unspecified atom stereocenters. The topological polar surface area (TPSA) is 97.1 Å². The van der Waals surface area contributed by atoms with Gasteiger partial charge in [-0.05, 0) is 26.8 Å². The van der Waals surface area contributed by atoms with E-state index in [0.29, 0.717) is 24.7 Å². The molecular formula is C10H18N4O3S. The summed E-state index contributed by atoms with van der Waals surface area (Å²) in [6.45, 7) is 1.92. The Balaban J connectivity index is 1.92. The Morgan fingerprint density at radius 2 is 2.00 bits per heavy atom. The van der Waals surface area contributed by atoms with Crippen LogP contribution < -0.4 is 10.6 Å². The molecule has 0 saturated carbocycles. The van der Waals surface area contributed by atoms with E-state index in [1.165, 1.54) is 0 Å². The minimum atomic E-state index is -2.84. The Bertz CT molecular complexity index is 485. The van der Waals surface area contributed by atoms with Gasteiger partial charge in [-0.2, -0.15) is 0 Å². The van der Waals surface area contributed by atoms with Crippen molar-refractivity contribution in [2.45, 2.75) is 31.8 Å². The monoisotopic (exact) mass is 274 g/mol. The van der Waals surface area contributed by atoms with Gasteiger partial charge in [-0.25, -0.2) is 8.42 Å². The normalized spacial score (nSPS) is 21.7. The summed E-state index contributed by atoms with van der Waals surface area (Å²) in [5, 5.41) is 13.9. The number of hydrogen-bond acceptors (Lipinski definition) is 7. The Morgan fingerprint density at radius 3 is 2.61 bits per heavy atom. The van der Waals surface area contributed by atoms with Gasteiger partial charge in [0.05, 0.1) is 17.5 Å². The Kier molecular flexibility index (Phi) is 3.86. The van der Waals surface area contributed by atoms with Crippen molar-refractivity contribution in [3.8, 4) is 0 Å². The lowest BCUT2D eigenvalue weighted by Gasteiger charge is -2.21. The van der Waals surface area contributed by atoms with Gasteiger partial charge in [-0.3, -0.25) is 0 Å². The van der Waals surface area contributed by atoms with Crippen LogP contribution in [0.4, 0.5) is 6.01 Å². The van der Waals surface area contributed by atoms with E-state index in [9.17, 15) is 8.42 Å². The molecule has 1 aliphatic heterocycles. The van der Waals surface area contributed by atoms with Crippen LogP contribution in [0.25, 0.3) is 0 Å². The number of sulfone groups is 1. The largest absolute Gasteiger partial charge is 0.406 e. The highest BCUT2D eigenvalue weighted by Crippen LogP contribution is 2.18. The average Bonchev–Trinajstić information content (AvgIpc) is 2.79. The van der Waals surface area contributed by atoms with Crippen LogP contribution in [0.15, 0.2) is 4.42 Å². The number of aromatic nitrogens is 2. The summed E-state index contributed by atoms with van der Waals surface area (Å²) in [5.74, 6) is 0.959. The summed E-state index contributed by atoms with van der Waals surface area (Å²) in [5.41, 5.74) is 0. The van der Waals surface area contributed by atoms with E-state index >= 15 is 0 Å². The first-order valence-electron chi connectivity index (χ1n) is 5.98. The van der Waals surface area contributed by atoms with Crippen molar-refractivity contribution >= 4 is 15.9 Å². The van der Waals surface area contributed by atoms with Crippen LogP contribution in [-0.4, -0.2) is 43.2 Å². The fraction of sp³-hybridized carbons (Fsp3) is 0.800. The third-order valence-corrected chi connectivity index (χ3v) is 4.84. The van der Waals surface area contributed by atoms with Gasteiger partial charge < -0.3 is 15.1 Å². The van der Waals surface area contributed by atoms with Crippen molar-refractivity contribution in [3.05, 3.63) is 5.89 Å². The van der Waals surface area contributed by atoms with Gasteiger partial charge in [0.25, 0.3) is 0 Å². The highest BCUT2D eigenvalue weighted by atomic mass is 32.2. The first-order valence-corrected chi connectivity index (χ1v) is 7.80. The highest BCUT2D eigenvalue weighted by Gasteiger charge is 2.24. The lowest BCUT2D eigenvalue weighted by molar-refractivity contribution is 0.436. The van der Waals surface area contributed by atoms with Crippen LogP contribution in [0.3, 0.4) is 0 Å². The molecule has 18 heavy (non-hydrogen) atoms. The number of nitrogens with one attached hydrogen (secondary N) is 2. The number of rotatable bonds is 4. The van der Waals surface area contributed by atoms with E-state index < -0.39 is 9.84 Å². The van der Waals surface area contributed by atoms with Gasteiger partial charge in [0, 0.05) is 6.04 Å². The van der Waals surface area contributed by atoms with E-state index in [2.05, 4.69) is 20.8 Å². The maximum atomic E-state index is 11.3. The molecule has 1 saturated heterocycles. The number of hydrogen-bond donors (Lipinski definition) is 2. The van der Waals surface area contributed by atoms with E-state index in [-0.39, 0.29) is 23.6 Å². The Hall–Kier alpha value is -1.15. The molecule has 0 aliphatic carbocycles. The van der Waals surface area contributed by atoms with Gasteiger partial charge in [0.2, 0.25) is 5.89 Å². The Labute approximate surface area is 106 Å². The zero-order valence-corrected chi connectivity index (χ0v) is 11.3. The zero-order valence-electron chi connectivity index (χ0n) is 10.5. The molecule has 2 N–H and O–H groups in total. The van der Waals surface area contributed by atoms with Crippen molar-refractivity contribution in [1.82, 2.24) is 15.5 Å². The second-order valence-corrected chi connectivity index (χ2v) is 6.83. The number of anilines is 1. The van der Waals surface area contributed by atoms with Crippen molar-refractivity contribution in [2.24, 2.45) is 0 Å². The molecule has 1 fully saturated rings. The molecule has 0 bridgehead atoms. The summed E-state index contributed by atoms with van der Waals surface area (Å²) in [6, 6.07) is 0.447. The van der Waals surface area contributed by atoms with E-state index in [0.717, 1.165) is 0 Å². The van der Waals surface area contributed by atoms with Gasteiger partial charge >= 0.3 is 6.01 Å². The van der Waals surface area contributed by atoms with Crippen molar-refractivity contribution < 1.29 is 12.8 Å². The maximum Gasteiger partial charge on any atom is 0.315 e. The molecular weight excluding hydrogens is 256 g/mol. The molecule has 0 radical (unpaired) electrons. The molecule has 102 valence electrons. The van der Waals surface area contributed by atoms with Crippen LogP contribution in [0.2, 0.25) is 0 Å². The van der Waals surface area contributed by atoms with Crippen LogP contribution >= 0.6 is 0 Å². The number of nitrogens with zero attached hydrogens (tertiary/aromatic N) is 2. The molecule has 0 spiro atoms. The molecule has 2 heterocycles. The standard InChI is InChI=1S/C10H18N4O3S/c1-7(11-2)9-13-14-10(17-9)12-8-3-5-18(15,16)6-4-8/h7-8,11H,3-6H2,1-2H3,(H,12,14). The molecule has 7 nitrogen and oxygen atoms in total. The lowest BCUT2D eigenvalue weighted by Crippen LogP contribution is -2.32. The van der Waals surface area contributed by atoms with E-state index in [1.807, 2.05) is 14.0 Å². The van der Waals surface area contributed by atoms with Crippen LogP contribution in [-0.2, 0) is 9.84 Å². The third-order valence-electron chi connectivity index (χ3n) is 3.13.